The number of aliphatic hydroxyl groups excluding tert-OH is 1. The Balaban J connectivity index is 0.000000378. The predicted octanol–water partition coefficient (Wildman–Crippen LogP) is 10.0. The summed E-state index contributed by atoms with van der Waals surface area (Å²) >= 11 is 0. The summed E-state index contributed by atoms with van der Waals surface area (Å²) in [5.74, 6) is -2.18. The van der Waals surface area contributed by atoms with Gasteiger partial charge >= 0.3 is 17.9 Å². The van der Waals surface area contributed by atoms with Crippen LogP contribution in [0.1, 0.15) is 154 Å². The number of aromatic hydroxyl groups is 4. The van der Waals surface area contributed by atoms with Crippen LogP contribution in [0.15, 0.2) is 72.8 Å². The number of rotatable bonds is 9. The number of carboxylic acid groups (broad SMARTS) is 3. The molecule has 0 aliphatic heterocycles. The minimum Gasteiger partial charge on any atom is -0.508 e. The third-order valence-electron chi connectivity index (χ3n) is 10.9. The third kappa shape index (κ3) is 13.2. The molecule has 334 valence electrons. The second-order valence-corrected chi connectivity index (χ2v) is 20.3. The predicted molar refractivity (Wildman–Crippen MR) is 239 cm³/mol. The van der Waals surface area contributed by atoms with Crippen molar-refractivity contribution in [1.29, 1.82) is 0 Å². The first-order valence-electron chi connectivity index (χ1n) is 20.2. The zero-order valence-electron chi connectivity index (χ0n) is 38.4. The van der Waals surface area contributed by atoms with E-state index in [9.17, 15) is 40.2 Å². The molecule has 0 bridgehead atoms. The van der Waals surface area contributed by atoms with Crippen LogP contribution in [0, 0.1) is 0 Å². The Morgan fingerprint density at radius 1 is 0.377 bits per heavy atom. The van der Waals surface area contributed by atoms with Crippen molar-refractivity contribution in [2.45, 2.75) is 142 Å². The number of benzene rings is 4. The van der Waals surface area contributed by atoms with Crippen molar-refractivity contribution in [3.05, 3.63) is 117 Å². The molecule has 0 heterocycles. The summed E-state index contributed by atoms with van der Waals surface area (Å²) in [4.78, 5) is 32.6. The van der Waals surface area contributed by atoms with Gasteiger partial charge in [0.25, 0.3) is 0 Å². The first-order chi connectivity index (χ1) is 27.6. The van der Waals surface area contributed by atoms with Gasteiger partial charge in [0.05, 0.1) is 12.8 Å². The van der Waals surface area contributed by atoms with Crippen LogP contribution in [0.3, 0.4) is 0 Å². The first kappa shape index (κ1) is 51.6. The van der Waals surface area contributed by atoms with E-state index in [0.29, 0.717) is 0 Å². The van der Waals surface area contributed by atoms with Gasteiger partial charge in [-0.05, 0) is 90.4 Å². The molecule has 8 N–H and O–H groups in total. The van der Waals surface area contributed by atoms with Gasteiger partial charge in [-0.2, -0.15) is 0 Å². The Morgan fingerprint density at radius 2 is 0.557 bits per heavy atom. The molecule has 0 aliphatic rings. The van der Waals surface area contributed by atoms with E-state index in [4.69, 9.17) is 15.0 Å². The Labute approximate surface area is 361 Å². The number of hydrogen-bond acceptors (Lipinski definition) is 8. The summed E-state index contributed by atoms with van der Waals surface area (Å²) in [5, 5.41) is 75.6. The lowest BCUT2D eigenvalue weighted by atomic mass is 9.70. The normalized spacial score (nSPS) is 12.4. The highest BCUT2D eigenvalue weighted by Crippen LogP contribution is 2.44. The maximum Gasteiger partial charge on any atom is 0.329 e. The standard InChI is InChI=1S/2C24H32O4.C2H4O3/c2*1-22(2,3)17-12-15(8-10-19(17)25)24(7,14-21(27)28)16-9-11-20(26)18(13-16)23(4,5)6;3-1-2(4)5/h2*8-13,25-26H,14H2,1-7H3,(H,27,28);3H,1H2,(H,4,5). The van der Waals surface area contributed by atoms with Gasteiger partial charge in [0, 0.05) is 10.8 Å². The van der Waals surface area contributed by atoms with E-state index in [2.05, 4.69) is 0 Å². The van der Waals surface area contributed by atoms with Gasteiger partial charge in [-0.1, -0.05) is 145 Å². The molecule has 61 heavy (non-hydrogen) atoms. The molecular weight excluding hydrogens is 777 g/mol. The molecule has 0 fully saturated rings. The van der Waals surface area contributed by atoms with E-state index in [0.717, 1.165) is 44.5 Å². The van der Waals surface area contributed by atoms with E-state index in [1.165, 1.54) is 0 Å². The lowest BCUT2D eigenvalue weighted by Crippen LogP contribution is -2.28. The number of aliphatic carboxylic acids is 3. The van der Waals surface area contributed by atoms with Gasteiger partial charge in [0.2, 0.25) is 0 Å². The molecule has 4 rings (SSSR count). The minimum absolute atomic E-state index is 0.101. The van der Waals surface area contributed by atoms with Crippen LogP contribution in [0.2, 0.25) is 0 Å². The molecule has 0 aromatic heterocycles. The van der Waals surface area contributed by atoms with Crippen molar-refractivity contribution < 1.29 is 55.2 Å². The molecule has 4 aromatic rings. The van der Waals surface area contributed by atoms with Gasteiger partial charge in [-0.15, -0.1) is 0 Å². The summed E-state index contributed by atoms with van der Waals surface area (Å²) in [6, 6.07) is 21.3. The van der Waals surface area contributed by atoms with E-state index >= 15 is 0 Å². The zero-order chi connectivity index (χ0) is 47.3. The molecule has 0 atom stereocenters. The highest BCUT2D eigenvalue weighted by Gasteiger charge is 2.36. The lowest BCUT2D eigenvalue weighted by Gasteiger charge is -2.33. The first-order valence-corrected chi connectivity index (χ1v) is 20.2. The van der Waals surface area contributed by atoms with Crippen molar-refractivity contribution in [2.24, 2.45) is 0 Å². The van der Waals surface area contributed by atoms with Gasteiger partial charge < -0.3 is 40.9 Å². The quantitative estimate of drug-likeness (QED) is 0.0794. The molecule has 0 spiro atoms. The van der Waals surface area contributed by atoms with Crippen molar-refractivity contribution >= 4 is 17.9 Å². The summed E-state index contributed by atoms with van der Waals surface area (Å²) < 4.78 is 0. The summed E-state index contributed by atoms with van der Waals surface area (Å²) in [5.41, 5.74) is 3.63. The fourth-order valence-corrected chi connectivity index (χ4v) is 7.27. The van der Waals surface area contributed by atoms with E-state index < -0.39 is 35.3 Å². The topological polar surface area (TPSA) is 213 Å². The lowest BCUT2D eigenvalue weighted by molar-refractivity contribution is -0.140. The number of phenolic OH excluding ortho intramolecular Hbond substituents is 4. The average Bonchev–Trinajstić information content (AvgIpc) is 3.10. The summed E-state index contributed by atoms with van der Waals surface area (Å²) in [7, 11) is 0. The molecule has 11 heteroatoms. The second-order valence-electron chi connectivity index (χ2n) is 20.3. The van der Waals surface area contributed by atoms with Crippen LogP contribution in [-0.4, -0.2) is 65.4 Å². The van der Waals surface area contributed by atoms with E-state index in [1.54, 1.807) is 48.5 Å². The molecule has 0 saturated carbocycles. The maximum atomic E-state index is 11.8. The van der Waals surface area contributed by atoms with Crippen LogP contribution >= 0.6 is 0 Å². The maximum absolute atomic E-state index is 11.8. The third-order valence-corrected chi connectivity index (χ3v) is 10.9. The molecule has 0 radical (unpaired) electrons. The highest BCUT2D eigenvalue weighted by molar-refractivity contribution is 5.72. The van der Waals surface area contributed by atoms with Crippen LogP contribution in [0.25, 0.3) is 0 Å². The smallest absolute Gasteiger partial charge is 0.329 e. The zero-order valence-corrected chi connectivity index (χ0v) is 38.4. The van der Waals surface area contributed by atoms with Crippen LogP contribution in [0.5, 0.6) is 23.0 Å². The molecule has 0 amide bonds. The SMILES string of the molecule is CC(C)(C)c1cc(C(C)(CC(=O)O)c2ccc(O)c(C(C)(C)C)c2)ccc1O.CC(C)(C)c1cc(C(C)(CC(=O)O)c2ccc(O)c(C(C)(C)C)c2)ccc1O.O=C(O)CO. The van der Waals surface area contributed by atoms with Gasteiger partial charge in [-0.3, -0.25) is 9.59 Å². The Bertz CT molecular complexity index is 1910. The van der Waals surface area contributed by atoms with Crippen molar-refractivity contribution in [2.75, 3.05) is 6.61 Å². The number of carboxylic acids is 3. The summed E-state index contributed by atoms with van der Waals surface area (Å²) in [6.45, 7) is 27.2. The molecular formula is C50H68O11. The number of carbonyl (C=O) groups is 3. The van der Waals surface area contributed by atoms with Crippen molar-refractivity contribution in [3.63, 3.8) is 0 Å². The van der Waals surface area contributed by atoms with E-state index in [-0.39, 0.29) is 57.5 Å². The van der Waals surface area contributed by atoms with E-state index in [1.807, 2.05) is 121 Å². The van der Waals surface area contributed by atoms with Crippen LogP contribution < -0.4 is 0 Å². The molecule has 0 aliphatic carbocycles. The Morgan fingerprint density at radius 3 is 0.689 bits per heavy atom. The fraction of sp³-hybridized carbons (Fsp3) is 0.460. The Kier molecular flexibility index (Phi) is 16.1. The second kappa shape index (κ2) is 19.0. The number of hydrogen-bond donors (Lipinski definition) is 8. The average molecular weight is 845 g/mol. The largest absolute Gasteiger partial charge is 0.508 e. The Hall–Kier alpha value is -5.55. The van der Waals surface area contributed by atoms with Gasteiger partial charge in [-0.25, -0.2) is 4.79 Å². The number of aliphatic hydroxyl groups is 1. The molecule has 11 nitrogen and oxygen atoms in total. The number of phenols is 4. The van der Waals surface area contributed by atoms with Crippen molar-refractivity contribution in [1.82, 2.24) is 0 Å². The molecule has 0 unspecified atom stereocenters. The minimum atomic E-state index is -1.19. The van der Waals surface area contributed by atoms with Crippen LogP contribution in [-0.2, 0) is 46.9 Å². The molecule has 4 aromatic carbocycles. The van der Waals surface area contributed by atoms with Gasteiger partial charge in [0.1, 0.15) is 29.6 Å². The van der Waals surface area contributed by atoms with Crippen molar-refractivity contribution in [3.8, 4) is 23.0 Å². The monoisotopic (exact) mass is 844 g/mol. The highest BCUT2D eigenvalue weighted by atomic mass is 16.4. The molecule has 0 saturated heterocycles. The van der Waals surface area contributed by atoms with Crippen LogP contribution in [0.4, 0.5) is 0 Å². The fourth-order valence-electron chi connectivity index (χ4n) is 7.27. The van der Waals surface area contributed by atoms with Gasteiger partial charge in [0.15, 0.2) is 0 Å². The summed E-state index contributed by atoms with van der Waals surface area (Å²) in [6.07, 6.45) is -0.203.